The Morgan fingerprint density at radius 2 is 2.00 bits per heavy atom. The van der Waals surface area contributed by atoms with Crippen LogP contribution < -0.4 is 9.46 Å². The number of hydrogen-bond donors (Lipinski definition) is 1. The van der Waals surface area contributed by atoms with E-state index in [1.807, 2.05) is 12.1 Å². The summed E-state index contributed by atoms with van der Waals surface area (Å²) in [5, 5.41) is 0. The van der Waals surface area contributed by atoms with Crippen LogP contribution in [0.15, 0.2) is 24.3 Å². The Labute approximate surface area is 133 Å². The zero-order chi connectivity index (χ0) is 15.8. The first kappa shape index (κ1) is 17.2. The van der Waals surface area contributed by atoms with Crippen molar-refractivity contribution in [1.29, 1.82) is 0 Å². The van der Waals surface area contributed by atoms with Crippen LogP contribution in [0, 0.1) is 0 Å². The minimum absolute atomic E-state index is 0.409. The highest BCUT2D eigenvalue weighted by Crippen LogP contribution is 2.17. The molecule has 5 nitrogen and oxygen atoms in total. The fourth-order valence-corrected chi connectivity index (χ4v) is 3.14. The summed E-state index contributed by atoms with van der Waals surface area (Å²) in [5.74, 6) is 0.855. The van der Waals surface area contributed by atoms with E-state index in [0.29, 0.717) is 19.6 Å². The highest BCUT2D eigenvalue weighted by molar-refractivity contribution is 7.88. The number of hydrogen-bond acceptors (Lipinski definition) is 4. The van der Waals surface area contributed by atoms with Gasteiger partial charge in [-0.1, -0.05) is 18.6 Å². The summed E-state index contributed by atoms with van der Waals surface area (Å²) < 4.78 is 30.0. The second kappa shape index (κ2) is 8.50. The van der Waals surface area contributed by atoms with Gasteiger partial charge in [0.15, 0.2) is 0 Å². The molecule has 1 aliphatic heterocycles. The molecule has 0 unspecified atom stereocenters. The van der Waals surface area contributed by atoms with Gasteiger partial charge in [-0.05, 0) is 50.0 Å². The molecule has 1 N–H and O–H groups in total. The molecule has 22 heavy (non-hydrogen) atoms. The van der Waals surface area contributed by atoms with Crippen molar-refractivity contribution in [3.63, 3.8) is 0 Å². The van der Waals surface area contributed by atoms with Gasteiger partial charge in [-0.3, -0.25) is 4.90 Å². The molecule has 6 heteroatoms. The summed E-state index contributed by atoms with van der Waals surface area (Å²) in [7, 11) is -3.10. The molecule has 1 aliphatic rings. The average molecular weight is 326 g/mol. The molecule has 0 aromatic heterocycles. The minimum Gasteiger partial charge on any atom is -0.494 e. The summed E-state index contributed by atoms with van der Waals surface area (Å²) in [4.78, 5) is 2.48. The van der Waals surface area contributed by atoms with Crippen molar-refractivity contribution in [1.82, 2.24) is 9.62 Å². The topological polar surface area (TPSA) is 58.6 Å². The third-order valence-electron chi connectivity index (χ3n) is 3.71. The van der Waals surface area contributed by atoms with Crippen molar-refractivity contribution < 1.29 is 13.2 Å². The molecule has 0 amide bonds. The number of nitrogens with one attached hydrogen (secondary N) is 1. The van der Waals surface area contributed by atoms with Gasteiger partial charge in [0.05, 0.1) is 12.9 Å². The molecule has 1 fully saturated rings. The van der Waals surface area contributed by atoms with Crippen molar-refractivity contribution in [3.05, 3.63) is 29.8 Å². The third kappa shape index (κ3) is 6.77. The van der Waals surface area contributed by atoms with Crippen LogP contribution in [0.3, 0.4) is 0 Å². The summed E-state index contributed by atoms with van der Waals surface area (Å²) >= 11 is 0. The number of rotatable bonds is 8. The van der Waals surface area contributed by atoms with Gasteiger partial charge < -0.3 is 4.74 Å². The first-order valence-corrected chi connectivity index (χ1v) is 9.81. The van der Waals surface area contributed by atoms with Crippen molar-refractivity contribution in [2.75, 3.05) is 32.5 Å². The Hall–Kier alpha value is -1.11. The Morgan fingerprint density at radius 3 is 2.73 bits per heavy atom. The van der Waals surface area contributed by atoms with Gasteiger partial charge in [0, 0.05) is 13.1 Å². The zero-order valence-electron chi connectivity index (χ0n) is 13.3. The molecule has 2 rings (SSSR count). The number of likely N-dealkylation sites (tertiary alicyclic amines) is 1. The van der Waals surface area contributed by atoms with Crippen LogP contribution in [0.5, 0.6) is 5.75 Å². The molecule has 0 aliphatic carbocycles. The highest BCUT2D eigenvalue weighted by Gasteiger charge is 2.10. The maximum absolute atomic E-state index is 10.9. The maximum Gasteiger partial charge on any atom is 0.208 e. The molecule has 1 aromatic carbocycles. The fourth-order valence-electron chi connectivity index (χ4n) is 2.63. The van der Waals surface area contributed by atoms with Crippen LogP contribution in [-0.2, 0) is 16.6 Å². The standard InChI is InChI=1S/C16H26N2O3S/c1-22(19,20)17-9-6-12-21-16-8-5-7-15(13-16)14-18-10-3-2-4-11-18/h5,7-8,13,17H,2-4,6,9-12,14H2,1H3. The van der Waals surface area contributed by atoms with Crippen LogP contribution in [0.2, 0.25) is 0 Å². The minimum atomic E-state index is -3.10. The number of piperidine rings is 1. The molecule has 1 aromatic rings. The lowest BCUT2D eigenvalue weighted by atomic mass is 10.1. The molecular formula is C16H26N2O3S. The SMILES string of the molecule is CS(=O)(=O)NCCCOc1cccc(CN2CCCCC2)c1. The molecule has 0 bridgehead atoms. The van der Waals surface area contributed by atoms with Gasteiger partial charge in [-0.15, -0.1) is 0 Å². The van der Waals surface area contributed by atoms with E-state index in [1.54, 1.807) is 0 Å². The fraction of sp³-hybridized carbons (Fsp3) is 0.625. The lowest BCUT2D eigenvalue weighted by Gasteiger charge is -2.26. The average Bonchev–Trinajstić information content (AvgIpc) is 2.47. The Bertz CT molecular complexity index is 554. The monoisotopic (exact) mass is 326 g/mol. The van der Waals surface area contributed by atoms with Crippen LogP contribution in [0.4, 0.5) is 0 Å². The zero-order valence-corrected chi connectivity index (χ0v) is 14.1. The van der Waals surface area contributed by atoms with Crippen LogP contribution in [0.25, 0.3) is 0 Å². The van der Waals surface area contributed by atoms with Gasteiger partial charge in [0.2, 0.25) is 10.0 Å². The van der Waals surface area contributed by atoms with Gasteiger partial charge in [-0.2, -0.15) is 0 Å². The summed E-state index contributed by atoms with van der Waals surface area (Å²) in [5.41, 5.74) is 1.27. The van der Waals surface area contributed by atoms with Crippen molar-refractivity contribution in [2.45, 2.75) is 32.2 Å². The Balaban J connectivity index is 1.73. The summed E-state index contributed by atoms with van der Waals surface area (Å²) in [6.45, 7) is 4.26. The van der Waals surface area contributed by atoms with E-state index in [1.165, 1.54) is 37.9 Å². The molecule has 1 saturated heterocycles. The van der Waals surface area contributed by atoms with Gasteiger partial charge in [0.25, 0.3) is 0 Å². The van der Waals surface area contributed by atoms with Crippen molar-refractivity contribution in [3.8, 4) is 5.75 Å². The van der Waals surface area contributed by atoms with Gasteiger partial charge in [-0.25, -0.2) is 13.1 Å². The third-order valence-corrected chi connectivity index (χ3v) is 4.44. The van der Waals surface area contributed by atoms with E-state index in [2.05, 4.69) is 21.8 Å². The second-order valence-electron chi connectivity index (χ2n) is 5.85. The van der Waals surface area contributed by atoms with E-state index >= 15 is 0 Å². The second-order valence-corrected chi connectivity index (χ2v) is 7.69. The van der Waals surface area contributed by atoms with Gasteiger partial charge >= 0.3 is 0 Å². The molecule has 0 spiro atoms. The number of nitrogens with zero attached hydrogens (tertiary/aromatic N) is 1. The lowest BCUT2D eigenvalue weighted by Crippen LogP contribution is -2.29. The van der Waals surface area contributed by atoms with Crippen LogP contribution in [-0.4, -0.2) is 45.8 Å². The van der Waals surface area contributed by atoms with E-state index in [-0.39, 0.29) is 0 Å². The summed E-state index contributed by atoms with van der Waals surface area (Å²) in [6.07, 6.45) is 5.76. The highest BCUT2D eigenvalue weighted by atomic mass is 32.2. The molecule has 1 heterocycles. The molecular weight excluding hydrogens is 300 g/mol. The van der Waals surface area contributed by atoms with Crippen LogP contribution >= 0.6 is 0 Å². The number of ether oxygens (including phenoxy) is 1. The quantitative estimate of drug-likeness (QED) is 0.742. The first-order valence-electron chi connectivity index (χ1n) is 7.92. The van der Waals surface area contributed by atoms with E-state index in [4.69, 9.17) is 4.74 Å². The normalized spacial score (nSPS) is 16.6. The van der Waals surface area contributed by atoms with Crippen molar-refractivity contribution in [2.24, 2.45) is 0 Å². The predicted molar refractivity (Wildman–Crippen MR) is 88.5 cm³/mol. The molecule has 124 valence electrons. The predicted octanol–water partition coefficient (Wildman–Crippen LogP) is 1.99. The Morgan fingerprint density at radius 1 is 1.23 bits per heavy atom. The van der Waals surface area contributed by atoms with Crippen LogP contribution in [0.1, 0.15) is 31.2 Å². The smallest absolute Gasteiger partial charge is 0.208 e. The number of benzene rings is 1. The molecule has 0 atom stereocenters. The number of sulfonamides is 1. The molecule has 0 saturated carbocycles. The maximum atomic E-state index is 10.9. The molecule has 0 radical (unpaired) electrons. The summed E-state index contributed by atoms with van der Waals surface area (Å²) in [6, 6.07) is 8.18. The Kier molecular flexibility index (Phi) is 6.67. The first-order chi connectivity index (χ1) is 10.5. The van der Waals surface area contributed by atoms with E-state index < -0.39 is 10.0 Å². The van der Waals surface area contributed by atoms with E-state index in [9.17, 15) is 8.42 Å². The largest absolute Gasteiger partial charge is 0.494 e. The van der Waals surface area contributed by atoms with Gasteiger partial charge in [0.1, 0.15) is 5.75 Å². The lowest BCUT2D eigenvalue weighted by molar-refractivity contribution is 0.220. The van der Waals surface area contributed by atoms with E-state index in [0.717, 1.165) is 18.6 Å². The van der Waals surface area contributed by atoms with Crippen molar-refractivity contribution >= 4 is 10.0 Å².